The van der Waals surface area contributed by atoms with E-state index < -0.39 is 6.04 Å². The molecule has 8 heteroatoms. The molecule has 1 aliphatic rings. The van der Waals surface area contributed by atoms with E-state index in [-0.39, 0.29) is 6.03 Å². The van der Waals surface area contributed by atoms with Crippen molar-refractivity contribution in [3.8, 4) is 11.4 Å². The van der Waals surface area contributed by atoms with E-state index in [9.17, 15) is 4.79 Å². The molecule has 1 aromatic heterocycles. The highest BCUT2D eigenvalue weighted by Gasteiger charge is 2.35. The number of hydrogen-bond donors (Lipinski definition) is 1. The first kappa shape index (κ1) is 23.0. The van der Waals surface area contributed by atoms with Crippen LogP contribution in [0.4, 0.5) is 4.79 Å². The minimum absolute atomic E-state index is 0.188. The van der Waals surface area contributed by atoms with Crippen LogP contribution in [0.25, 0.3) is 17.0 Å². The fourth-order valence-corrected chi connectivity index (χ4v) is 4.17. The molecule has 0 fully saturated rings. The second-order valence-electron chi connectivity index (χ2n) is 7.91. The zero-order valence-corrected chi connectivity index (χ0v) is 19.7. The average molecular weight is 467 g/mol. The fourth-order valence-electron chi connectivity index (χ4n) is 3.97. The predicted octanol–water partition coefficient (Wildman–Crippen LogP) is 5.49. The van der Waals surface area contributed by atoms with E-state index in [0.29, 0.717) is 36.3 Å². The Morgan fingerprint density at radius 1 is 1.21 bits per heavy atom. The summed E-state index contributed by atoms with van der Waals surface area (Å²) >= 11 is 6.25. The number of aryl methyl sites for hydroxylation is 1. The number of benzene rings is 2. The first-order chi connectivity index (χ1) is 16.0. The smallest absolute Gasteiger partial charge is 0.322 e. The summed E-state index contributed by atoms with van der Waals surface area (Å²) in [5.74, 6) is 0.865. The van der Waals surface area contributed by atoms with Crippen molar-refractivity contribution >= 4 is 23.2 Å². The highest BCUT2D eigenvalue weighted by molar-refractivity contribution is 6.30. The molecule has 1 atom stereocenters. The van der Waals surface area contributed by atoms with E-state index >= 15 is 0 Å². The molecule has 0 spiro atoms. The molecular weight excluding hydrogens is 440 g/mol. The van der Waals surface area contributed by atoms with Crippen LogP contribution in [-0.2, 0) is 11.2 Å². The van der Waals surface area contributed by atoms with Crippen molar-refractivity contribution in [2.24, 2.45) is 0 Å². The topological polar surface area (TPSA) is 80.5 Å². The van der Waals surface area contributed by atoms with Gasteiger partial charge in [-0.1, -0.05) is 60.1 Å². The average Bonchev–Trinajstić information content (AvgIpc) is 3.30. The molecule has 0 radical (unpaired) electrons. The van der Waals surface area contributed by atoms with E-state index in [1.807, 2.05) is 37.3 Å². The number of carbonyl (C=O) groups excluding carboxylic acids is 1. The summed E-state index contributed by atoms with van der Waals surface area (Å²) in [6.45, 7) is 5.08. The second-order valence-corrected chi connectivity index (χ2v) is 8.34. The lowest BCUT2D eigenvalue weighted by Crippen LogP contribution is -2.46. The molecule has 0 saturated heterocycles. The molecule has 4 rings (SSSR count). The maximum atomic E-state index is 13.0. The maximum Gasteiger partial charge on any atom is 0.322 e. The Kier molecular flexibility index (Phi) is 7.11. The lowest BCUT2D eigenvalue weighted by atomic mass is 9.94. The van der Waals surface area contributed by atoms with Gasteiger partial charge in [-0.15, -0.1) is 0 Å². The van der Waals surface area contributed by atoms with Crippen molar-refractivity contribution < 1.29 is 14.1 Å². The van der Waals surface area contributed by atoms with Gasteiger partial charge in [-0.3, -0.25) is 4.90 Å². The molecular formula is C25H27ClN4O3. The molecule has 0 bridgehead atoms. The summed E-state index contributed by atoms with van der Waals surface area (Å²) in [5, 5.41) is 7.89. The molecule has 2 amide bonds. The van der Waals surface area contributed by atoms with E-state index in [2.05, 4.69) is 29.5 Å². The van der Waals surface area contributed by atoms with Crippen LogP contribution in [0, 0.1) is 0 Å². The zero-order chi connectivity index (χ0) is 23.4. The molecule has 0 aliphatic carbocycles. The first-order valence-electron chi connectivity index (χ1n) is 11.0. The van der Waals surface area contributed by atoms with Crippen LogP contribution < -0.4 is 5.32 Å². The number of amides is 2. The number of aromatic nitrogens is 2. The number of hydrogen-bond acceptors (Lipinski definition) is 5. The van der Waals surface area contributed by atoms with Crippen molar-refractivity contribution in [1.82, 2.24) is 20.4 Å². The van der Waals surface area contributed by atoms with Gasteiger partial charge in [-0.05, 0) is 43.0 Å². The Bertz CT molecular complexity index is 1160. The Morgan fingerprint density at radius 2 is 2.00 bits per heavy atom. The summed E-state index contributed by atoms with van der Waals surface area (Å²) in [4.78, 5) is 19.4. The highest BCUT2D eigenvalue weighted by atomic mass is 35.5. The van der Waals surface area contributed by atoms with Gasteiger partial charge in [0.25, 0.3) is 5.89 Å². The van der Waals surface area contributed by atoms with Gasteiger partial charge in [0.05, 0.1) is 11.6 Å². The lowest BCUT2D eigenvalue weighted by Gasteiger charge is -2.35. The fraction of sp³-hybridized carbons (Fsp3) is 0.320. The van der Waals surface area contributed by atoms with Crippen LogP contribution in [-0.4, -0.2) is 41.3 Å². The molecule has 172 valence electrons. The monoisotopic (exact) mass is 466 g/mol. The van der Waals surface area contributed by atoms with Gasteiger partial charge in [0, 0.05) is 36.5 Å². The molecule has 33 heavy (non-hydrogen) atoms. The Hall–Kier alpha value is -3.16. The molecule has 7 nitrogen and oxygen atoms in total. The number of nitrogens with zero attached hydrogens (tertiary/aromatic N) is 3. The van der Waals surface area contributed by atoms with Crippen molar-refractivity contribution in [1.29, 1.82) is 0 Å². The number of halogens is 1. The maximum absolute atomic E-state index is 13.0. The number of ether oxygens (including phenoxy) is 1. The normalized spacial score (nSPS) is 16.3. The van der Waals surface area contributed by atoms with Crippen LogP contribution in [0.3, 0.4) is 0 Å². The van der Waals surface area contributed by atoms with Crippen molar-refractivity contribution in [3.05, 3.63) is 76.3 Å². The van der Waals surface area contributed by atoms with Gasteiger partial charge in [0.2, 0.25) is 5.82 Å². The van der Waals surface area contributed by atoms with E-state index in [1.165, 1.54) is 5.56 Å². The Balaban J connectivity index is 1.75. The summed E-state index contributed by atoms with van der Waals surface area (Å²) in [6.07, 6.45) is 1.67. The van der Waals surface area contributed by atoms with E-state index in [1.54, 1.807) is 18.1 Å². The van der Waals surface area contributed by atoms with Crippen molar-refractivity contribution in [2.75, 3.05) is 20.3 Å². The van der Waals surface area contributed by atoms with Gasteiger partial charge in [0.15, 0.2) is 0 Å². The van der Waals surface area contributed by atoms with Crippen molar-refractivity contribution in [3.63, 3.8) is 0 Å². The van der Waals surface area contributed by atoms with Crippen LogP contribution in [0.15, 0.2) is 58.8 Å². The first-order valence-corrected chi connectivity index (χ1v) is 11.4. The minimum atomic E-state index is -0.467. The number of urea groups is 1. The Morgan fingerprint density at radius 3 is 2.70 bits per heavy atom. The van der Waals surface area contributed by atoms with E-state index in [4.69, 9.17) is 25.8 Å². The van der Waals surface area contributed by atoms with Gasteiger partial charge in [-0.25, -0.2) is 4.79 Å². The molecule has 1 N–H and O–H groups in total. The standard InChI is InChI=1S/C25H27ClN4O3/c1-4-17-9-11-18(12-10-17)23-28-24(33-29-23)21-16(2)30(13-6-14-32-3)25(31)27-22(21)19-7-5-8-20(26)15-19/h5,7-12,15,22H,4,6,13-14H2,1-3H3,(H,27,31). The largest absolute Gasteiger partial charge is 0.385 e. The van der Waals surface area contributed by atoms with Crippen LogP contribution in [0.2, 0.25) is 5.02 Å². The third-order valence-electron chi connectivity index (χ3n) is 5.79. The Labute approximate surface area is 198 Å². The second kappa shape index (κ2) is 10.2. The SMILES string of the molecule is CCc1ccc(-c2noc(C3=C(C)N(CCCOC)C(=O)NC3c3cccc(Cl)c3)n2)cc1. The molecule has 1 aliphatic heterocycles. The summed E-state index contributed by atoms with van der Waals surface area (Å²) in [7, 11) is 1.65. The highest BCUT2D eigenvalue weighted by Crippen LogP contribution is 2.38. The summed E-state index contributed by atoms with van der Waals surface area (Å²) in [6, 6.07) is 14.9. The molecule has 2 heterocycles. The zero-order valence-electron chi connectivity index (χ0n) is 19.0. The molecule has 3 aromatic rings. The van der Waals surface area contributed by atoms with Gasteiger partial charge in [0.1, 0.15) is 0 Å². The van der Waals surface area contributed by atoms with Gasteiger partial charge in [-0.2, -0.15) is 4.98 Å². The molecule has 0 saturated carbocycles. The van der Waals surface area contributed by atoms with E-state index in [0.717, 1.165) is 28.8 Å². The van der Waals surface area contributed by atoms with Crippen molar-refractivity contribution in [2.45, 2.75) is 32.7 Å². The number of rotatable bonds is 8. The quantitative estimate of drug-likeness (QED) is 0.444. The summed E-state index contributed by atoms with van der Waals surface area (Å²) < 4.78 is 10.9. The van der Waals surface area contributed by atoms with Crippen LogP contribution in [0.5, 0.6) is 0 Å². The van der Waals surface area contributed by atoms with Gasteiger partial charge >= 0.3 is 6.03 Å². The molecule has 1 unspecified atom stereocenters. The van der Waals surface area contributed by atoms with Crippen LogP contribution >= 0.6 is 11.6 Å². The third kappa shape index (κ3) is 4.94. The molecule has 2 aromatic carbocycles. The van der Waals surface area contributed by atoms with Crippen LogP contribution in [0.1, 0.15) is 43.3 Å². The summed E-state index contributed by atoms with van der Waals surface area (Å²) in [5.41, 5.74) is 4.46. The number of nitrogens with one attached hydrogen (secondary N) is 1. The lowest BCUT2D eigenvalue weighted by molar-refractivity contribution is 0.174. The number of allylic oxidation sites excluding steroid dienone is 1. The minimum Gasteiger partial charge on any atom is -0.385 e. The third-order valence-corrected chi connectivity index (χ3v) is 6.02. The van der Waals surface area contributed by atoms with Gasteiger partial charge < -0.3 is 14.6 Å². The predicted molar refractivity (Wildman–Crippen MR) is 128 cm³/mol. The number of methoxy groups -OCH3 is 1. The number of carbonyl (C=O) groups is 1.